The first-order chi connectivity index (χ1) is 9.67. The van der Waals surface area contributed by atoms with E-state index < -0.39 is 0 Å². The van der Waals surface area contributed by atoms with E-state index in [-0.39, 0.29) is 6.61 Å². The molecule has 1 aliphatic rings. The molecule has 1 aromatic rings. The van der Waals surface area contributed by atoms with Crippen molar-refractivity contribution in [2.75, 3.05) is 26.9 Å². The molecular formula is C15H27N3O2. The van der Waals surface area contributed by atoms with Gasteiger partial charge in [0.1, 0.15) is 0 Å². The molecule has 5 heteroatoms. The molecule has 1 aliphatic heterocycles. The summed E-state index contributed by atoms with van der Waals surface area (Å²) >= 11 is 0. The van der Waals surface area contributed by atoms with Crippen molar-refractivity contribution in [3.05, 3.63) is 17.0 Å². The zero-order chi connectivity index (χ0) is 14.5. The van der Waals surface area contributed by atoms with Crippen molar-refractivity contribution < 1.29 is 9.84 Å². The Hall–Kier alpha value is -0.910. The fourth-order valence-corrected chi connectivity index (χ4v) is 3.13. The molecule has 1 unspecified atom stereocenters. The second-order valence-electron chi connectivity index (χ2n) is 5.67. The van der Waals surface area contributed by atoms with E-state index in [1.54, 1.807) is 7.11 Å². The van der Waals surface area contributed by atoms with Crippen LogP contribution in [0, 0.1) is 13.8 Å². The number of aromatic nitrogens is 2. The lowest BCUT2D eigenvalue weighted by atomic mass is 10.0. The summed E-state index contributed by atoms with van der Waals surface area (Å²) in [6.07, 6.45) is 3.78. The van der Waals surface area contributed by atoms with Gasteiger partial charge in [0, 0.05) is 31.0 Å². The van der Waals surface area contributed by atoms with Gasteiger partial charge < -0.3 is 9.84 Å². The van der Waals surface area contributed by atoms with Crippen molar-refractivity contribution in [2.24, 2.45) is 0 Å². The number of aliphatic hydroxyl groups excluding tert-OH is 1. The van der Waals surface area contributed by atoms with E-state index in [1.807, 2.05) is 4.68 Å². The Labute approximate surface area is 121 Å². The zero-order valence-corrected chi connectivity index (χ0v) is 12.9. The van der Waals surface area contributed by atoms with Crippen molar-refractivity contribution in [2.45, 2.75) is 52.2 Å². The summed E-state index contributed by atoms with van der Waals surface area (Å²) in [6.45, 7) is 7.76. The van der Waals surface area contributed by atoms with Crippen LogP contribution in [0.3, 0.4) is 0 Å². The molecule has 0 bridgehead atoms. The Morgan fingerprint density at radius 3 is 2.85 bits per heavy atom. The summed E-state index contributed by atoms with van der Waals surface area (Å²) in [5.41, 5.74) is 3.57. The van der Waals surface area contributed by atoms with Gasteiger partial charge in [0.05, 0.1) is 25.5 Å². The molecule has 0 spiro atoms. The van der Waals surface area contributed by atoms with Crippen LogP contribution in [-0.4, -0.2) is 52.7 Å². The fraction of sp³-hybridized carbons (Fsp3) is 0.800. The van der Waals surface area contributed by atoms with Crippen LogP contribution in [0.5, 0.6) is 0 Å². The van der Waals surface area contributed by atoms with Gasteiger partial charge in [-0.15, -0.1) is 0 Å². The molecule has 1 aromatic heterocycles. The van der Waals surface area contributed by atoms with Crippen molar-refractivity contribution in [1.29, 1.82) is 0 Å². The van der Waals surface area contributed by atoms with Gasteiger partial charge in [-0.05, 0) is 33.2 Å². The van der Waals surface area contributed by atoms with Gasteiger partial charge in [-0.3, -0.25) is 9.58 Å². The lowest BCUT2D eigenvalue weighted by Crippen LogP contribution is -2.41. The van der Waals surface area contributed by atoms with Crippen molar-refractivity contribution in [3.63, 3.8) is 0 Å². The second-order valence-corrected chi connectivity index (χ2v) is 5.67. The van der Waals surface area contributed by atoms with E-state index in [2.05, 4.69) is 23.8 Å². The van der Waals surface area contributed by atoms with Crippen LogP contribution in [0.25, 0.3) is 0 Å². The molecule has 0 radical (unpaired) electrons. The molecule has 0 aliphatic carbocycles. The molecule has 0 amide bonds. The SMILES string of the molecule is COCC1CCCCN1Cc1c(C)nn(CCO)c1C. The highest BCUT2D eigenvalue weighted by Gasteiger charge is 2.24. The van der Waals surface area contributed by atoms with Crippen LogP contribution in [0.15, 0.2) is 0 Å². The summed E-state index contributed by atoms with van der Waals surface area (Å²) in [4.78, 5) is 2.52. The minimum atomic E-state index is 0.136. The average molecular weight is 281 g/mol. The lowest BCUT2D eigenvalue weighted by Gasteiger charge is -2.35. The third kappa shape index (κ3) is 3.40. The fourth-order valence-electron chi connectivity index (χ4n) is 3.13. The van der Waals surface area contributed by atoms with Gasteiger partial charge in [-0.1, -0.05) is 6.42 Å². The van der Waals surface area contributed by atoms with Crippen molar-refractivity contribution in [3.8, 4) is 0 Å². The molecule has 2 rings (SSSR count). The smallest absolute Gasteiger partial charge is 0.0644 e. The summed E-state index contributed by atoms with van der Waals surface area (Å²) in [5.74, 6) is 0. The number of hydrogen-bond donors (Lipinski definition) is 1. The molecule has 0 aromatic carbocycles. The van der Waals surface area contributed by atoms with Gasteiger partial charge in [0.15, 0.2) is 0 Å². The van der Waals surface area contributed by atoms with Gasteiger partial charge in [-0.25, -0.2) is 0 Å². The van der Waals surface area contributed by atoms with Crippen LogP contribution in [0.1, 0.15) is 36.2 Å². The molecule has 1 saturated heterocycles. The number of ether oxygens (including phenoxy) is 1. The predicted molar refractivity (Wildman–Crippen MR) is 78.7 cm³/mol. The first-order valence-electron chi connectivity index (χ1n) is 7.54. The molecule has 5 nitrogen and oxygen atoms in total. The number of rotatable bonds is 6. The van der Waals surface area contributed by atoms with Gasteiger partial charge in [0.25, 0.3) is 0 Å². The number of likely N-dealkylation sites (tertiary alicyclic amines) is 1. The second kappa shape index (κ2) is 7.20. The third-order valence-corrected chi connectivity index (χ3v) is 4.31. The normalized spacial score (nSPS) is 20.5. The topological polar surface area (TPSA) is 50.5 Å². The number of aryl methyl sites for hydroxylation is 1. The zero-order valence-electron chi connectivity index (χ0n) is 12.9. The van der Waals surface area contributed by atoms with E-state index in [4.69, 9.17) is 9.84 Å². The Morgan fingerprint density at radius 1 is 1.35 bits per heavy atom. The van der Waals surface area contributed by atoms with Crippen LogP contribution in [-0.2, 0) is 17.8 Å². The number of piperidine rings is 1. The maximum Gasteiger partial charge on any atom is 0.0644 e. The van der Waals surface area contributed by atoms with Crippen LogP contribution >= 0.6 is 0 Å². The van der Waals surface area contributed by atoms with Crippen LogP contribution < -0.4 is 0 Å². The maximum absolute atomic E-state index is 9.09. The highest BCUT2D eigenvalue weighted by Crippen LogP contribution is 2.22. The number of hydrogen-bond acceptors (Lipinski definition) is 4. The molecular weight excluding hydrogens is 254 g/mol. The van der Waals surface area contributed by atoms with E-state index >= 15 is 0 Å². The summed E-state index contributed by atoms with van der Waals surface area (Å²) in [6, 6.07) is 0.522. The molecule has 1 atom stereocenters. The average Bonchev–Trinajstić information content (AvgIpc) is 2.69. The first kappa shape index (κ1) is 15.5. The third-order valence-electron chi connectivity index (χ3n) is 4.31. The molecule has 20 heavy (non-hydrogen) atoms. The van der Waals surface area contributed by atoms with Gasteiger partial charge in [0.2, 0.25) is 0 Å². The van der Waals surface area contributed by atoms with E-state index in [0.29, 0.717) is 12.6 Å². The molecule has 114 valence electrons. The lowest BCUT2D eigenvalue weighted by molar-refractivity contribution is 0.0598. The van der Waals surface area contributed by atoms with Gasteiger partial charge >= 0.3 is 0 Å². The minimum absolute atomic E-state index is 0.136. The van der Waals surface area contributed by atoms with Crippen LogP contribution in [0.2, 0.25) is 0 Å². The number of nitrogens with zero attached hydrogens (tertiary/aromatic N) is 3. The van der Waals surface area contributed by atoms with Gasteiger partial charge in [-0.2, -0.15) is 5.10 Å². The van der Waals surface area contributed by atoms with Crippen molar-refractivity contribution in [1.82, 2.24) is 14.7 Å². The highest BCUT2D eigenvalue weighted by atomic mass is 16.5. The summed E-state index contributed by atoms with van der Waals surface area (Å²) in [7, 11) is 1.78. The summed E-state index contributed by atoms with van der Waals surface area (Å²) < 4.78 is 7.27. The Kier molecular flexibility index (Phi) is 5.57. The highest BCUT2D eigenvalue weighted by molar-refractivity contribution is 5.24. The van der Waals surface area contributed by atoms with E-state index in [9.17, 15) is 0 Å². The number of aliphatic hydroxyl groups is 1. The minimum Gasteiger partial charge on any atom is -0.394 e. The Bertz CT molecular complexity index is 429. The number of methoxy groups -OCH3 is 1. The van der Waals surface area contributed by atoms with E-state index in [1.165, 1.54) is 30.5 Å². The molecule has 1 N–H and O–H groups in total. The molecule has 0 saturated carbocycles. The standard InChI is InChI=1S/C15H27N3O2/c1-12-15(13(2)18(16-12)8-9-19)10-17-7-5-4-6-14(17)11-20-3/h14,19H,4-11H2,1-3H3. The largest absolute Gasteiger partial charge is 0.394 e. The first-order valence-corrected chi connectivity index (χ1v) is 7.54. The molecule has 1 fully saturated rings. The Morgan fingerprint density at radius 2 is 2.15 bits per heavy atom. The van der Waals surface area contributed by atoms with Crippen molar-refractivity contribution >= 4 is 0 Å². The quantitative estimate of drug-likeness (QED) is 0.858. The monoisotopic (exact) mass is 281 g/mol. The maximum atomic E-state index is 9.09. The molecule has 2 heterocycles. The van der Waals surface area contributed by atoms with E-state index in [0.717, 1.165) is 25.4 Å². The Balaban J connectivity index is 2.11. The van der Waals surface area contributed by atoms with Crippen LogP contribution in [0.4, 0.5) is 0 Å². The predicted octanol–water partition coefficient (Wildman–Crippen LogP) is 1.49. The summed E-state index contributed by atoms with van der Waals surface area (Å²) in [5, 5.41) is 13.6.